The van der Waals surface area contributed by atoms with Crippen LogP contribution in [0.15, 0.2) is 6.07 Å². The number of methoxy groups -OCH3 is 1. The lowest BCUT2D eigenvalue weighted by Gasteiger charge is -2.15. The maximum atomic E-state index is 12.4. The molecule has 1 aromatic heterocycles. The topological polar surface area (TPSA) is 46.6 Å². The molecule has 1 aromatic rings. The molecule has 118 valence electrons. The molecular formula is C16H25NO3S. The number of esters is 1. The lowest BCUT2D eigenvalue weighted by molar-refractivity contribution is -0.140. The van der Waals surface area contributed by atoms with Crippen molar-refractivity contribution < 1.29 is 14.3 Å². The van der Waals surface area contributed by atoms with Gasteiger partial charge in [0.1, 0.15) is 0 Å². The number of rotatable bonds is 8. The molecule has 0 aliphatic carbocycles. The molecule has 0 N–H and O–H groups in total. The van der Waals surface area contributed by atoms with Crippen LogP contribution in [0.25, 0.3) is 0 Å². The van der Waals surface area contributed by atoms with Crippen molar-refractivity contribution in [2.24, 2.45) is 0 Å². The molecular weight excluding hydrogens is 286 g/mol. The number of carbonyl (C=O) groups excluding carboxylic acids is 2. The summed E-state index contributed by atoms with van der Waals surface area (Å²) < 4.78 is 4.60. The summed E-state index contributed by atoms with van der Waals surface area (Å²) in [5.41, 5.74) is 1.29. The number of nitrogens with zero attached hydrogens (tertiary/aromatic N) is 1. The van der Waals surface area contributed by atoms with Crippen LogP contribution in [0.4, 0.5) is 0 Å². The van der Waals surface area contributed by atoms with Crippen LogP contribution in [0.3, 0.4) is 0 Å². The zero-order valence-corrected chi connectivity index (χ0v) is 14.2. The fourth-order valence-corrected chi connectivity index (χ4v) is 3.51. The number of thiophene rings is 1. The molecule has 21 heavy (non-hydrogen) atoms. The molecule has 0 radical (unpaired) electrons. The third-order valence-electron chi connectivity index (χ3n) is 3.41. The van der Waals surface area contributed by atoms with Crippen LogP contribution in [0.2, 0.25) is 0 Å². The molecule has 0 bridgehead atoms. The van der Waals surface area contributed by atoms with E-state index in [0.717, 1.165) is 24.1 Å². The molecule has 0 saturated carbocycles. The highest BCUT2D eigenvalue weighted by Gasteiger charge is 2.17. The first-order valence-electron chi connectivity index (χ1n) is 7.47. The fourth-order valence-electron chi connectivity index (χ4n) is 2.16. The molecule has 1 amide bonds. The number of hydrogen-bond donors (Lipinski definition) is 0. The fraction of sp³-hybridized carbons (Fsp3) is 0.625. The molecule has 0 spiro atoms. The second-order valence-corrected chi connectivity index (χ2v) is 6.21. The Labute approximate surface area is 131 Å². The minimum absolute atomic E-state index is 0.0434. The summed E-state index contributed by atoms with van der Waals surface area (Å²) in [7, 11) is 3.16. The van der Waals surface area contributed by atoms with Crippen LogP contribution in [0.5, 0.6) is 0 Å². The van der Waals surface area contributed by atoms with Crippen LogP contribution >= 0.6 is 11.3 Å². The Kier molecular flexibility index (Phi) is 7.43. The molecule has 1 rings (SSSR count). The number of carbonyl (C=O) groups is 2. The van der Waals surface area contributed by atoms with Crippen molar-refractivity contribution in [3.8, 4) is 0 Å². The van der Waals surface area contributed by atoms with Crippen LogP contribution in [0, 0.1) is 0 Å². The molecule has 5 heteroatoms. The first kappa shape index (κ1) is 17.7. The predicted octanol–water partition coefficient (Wildman–Crippen LogP) is 3.29. The SMILES string of the molecule is CCCc1sc(C(=O)N(C)CCCC(=O)OC)cc1CC. The third-order valence-corrected chi connectivity index (χ3v) is 4.64. The van der Waals surface area contributed by atoms with Crippen LogP contribution in [-0.2, 0) is 22.4 Å². The number of aryl methyl sites for hydroxylation is 2. The number of ether oxygens (including phenoxy) is 1. The Morgan fingerprint density at radius 2 is 2.05 bits per heavy atom. The van der Waals surface area contributed by atoms with Gasteiger partial charge >= 0.3 is 5.97 Å². The van der Waals surface area contributed by atoms with E-state index in [1.54, 1.807) is 23.3 Å². The van der Waals surface area contributed by atoms with Crippen molar-refractivity contribution in [2.75, 3.05) is 20.7 Å². The molecule has 0 fully saturated rings. The second-order valence-electron chi connectivity index (χ2n) is 5.07. The van der Waals surface area contributed by atoms with Crippen molar-refractivity contribution in [2.45, 2.75) is 46.0 Å². The molecule has 4 nitrogen and oxygen atoms in total. The Morgan fingerprint density at radius 3 is 2.62 bits per heavy atom. The molecule has 0 aliphatic rings. The zero-order valence-electron chi connectivity index (χ0n) is 13.4. The average Bonchev–Trinajstić information content (AvgIpc) is 2.89. The van der Waals surface area contributed by atoms with Gasteiger partial charge < -0.3 is 9.64 Å². The van der Waals surface area contributed by atoms with E-state index in [4.69, 9.17) is 0 Å². The van der Waals surface area contributed by atoms with Gasteiger partial charge in [-0.05, 0) is 30.9 Å². The number of amides is 1. The molecule has 0 unspecified atom stereocenters. The maximum absolute atomic E-state index is 12.4. The Balaban J connectivity index is 2.63. The van der Waals surface area contributed by atoms with Gasteiger partial charge in [-0.2, -0.15) is 0 Å². The van der Waals surface area contributed by atoms with Gasteiger partial charge in [0.2, 0.25) is 0 Å². The van der Waals surface area contributed by atoms with E-state index in [1.807, 2.05) is 6.07 Å². The highest BCUT2D eigenvalue weighted by atomic mass is 32.1. The summed E-state index contributed by atoms with van der Waals surface area (Å²) >= 11 is 1.61. The Bertz CT molecular complexity index is 482. The Hall–Kier alpha value is -1.36. The average molecular weight is 311 g/mol. The van der Waals surface area contributed by atoms with Crippen LogP contribution in [-0.4, -0.2) is 37.5 Å². The van der Waals surface area contributed by atoms with Gasteiger partial charge in [0.25, 0.3) is 5.91 Å². The minimum Gasteiger partial charge on any atom is -0.469 e. The van der Waals surface area contributed by atoms with E-state index in [0.29, 0.717) is 19.4 Å². The largest absolute Gasteiger partial charge is 0.469 e. The van der Waals surface area contributed by atoms with Crippen molar-refractivity contribution >= 4 is 23.2 Å². The zero-order chi connectivity index (χ0) is 15.8. The summed E-state index contributed by atoms with van der Waals surface area (Å²) in [5, 5.41) is 0. The van der Waals surface area contributed by atoms with Crippen molar-refractivity contribution in [1.82, 2.24) is 4.90 Å². The third kappa shape index (κ3) is 5.16. The van der Waals surface area contributed by atoms with Gasteiger partial charge in [-0.15, -0.1) is 11.3 Å². The van der Waals surface area contributed by atoms with Gasteiger partial charge in [-0.3, -0.25) is 9.59 Å². The van der Waals surface area contributed by atoms with Gasteiger partial charge in [-0.1, -0.05) is 20.3 Å². The van der Waals surface area contributed by atoms with Gasteiger partial charge in [-0.25, -0.2) is 0 Å². The van der Waals surface area contributed by atoms with Crippen LogP contribution < -0.4 is 0 Å². The summed E-state index contributed by atoms with van der Waals surface area (Å²) in [5.74, 6) is -0.188. The summed E-state index contributed by atoms with van der Waals surface area (Å²) in [6, 6.07) is 2.02. The van der Waals surface area contributed by atoms with Gasteiger partial charge in [0.15, 0.2) is 0 Å². The summed E-state index contributed by atoms with van der Waals surface area (Å²) in [6.45, 7) is 4.84. The van der Waals surface area contributed by atoms with Crippen molar-refractivity contribution in [1.29, 1.82) is 0 Å². The van der Waals surface area contributed by atoms with Crippen molar-refractivity contribution in [3.63, 3.8) is 0 Å². The van der Waals surface area contributed by atoms with E-state index in [9.17, 15) is 9.59 Å². The number of hydrogen-bond acceptors (Lipinski definition) is 4. The van der Waals surface area contributed by atoms with E-state index >= 15 is 0 Å². The lowest BCUT2D eigenvalue weighted by atomic mass is 10.1. The highest BCUT2D eigenvalue weighted by molar-refractivity contribution is 7.14. The molecule has 0 atom stereocenters. The standard InChI is InChI=1S/C16H25NO3S/c1-5-8-13-12(6-2)11-14(21-13)16(19)17(3)10-7-9-15(18)20-4/h11H,5-10H2,1-4H3. The minimum atomic E-state index is -0.231. The highest BCUT2D eigenvalue weighted by Crippen LogP contribution is 2.25. The molecule has 0 aromatic carbocycles. The summed E-state index contributed by atoms with van der Waals surface area (Å²) in [4.78, 5) is 27.3. The second kappa shape index (κ2) is 8.82. The normalized spacial score (nSPS) is 10.5. The quantitative estimate of drug-likeness (QED) is 0.692. The monoisotopic (exact) mass is 311 g/mol. The lowest BCUT2D eigenvalue weighted by Crippen LogP contribution is -2.27. The first-order chi connectivity index (χ1) is 10.0. The van der Waals surface area contributed by atoms with E-state index < -0.39 is 0 Å². The maximum Gasteiger partial charge on any atom is 0.305 e. The predicted molar refractivity (Wildman–Crippen MR) is 85.9 cm³/mol. The van der Waals surface area contributed by atoms with E-state index in [-0.39, 0.29) is 11.9 Å². The molecule has 1 heterocycles. The van der Waals surface area contributed by atoms with Gasteiger partial charge in [0, 0.05) is 24.9 Å². The van der Waals surface area contributed by atoms with Crippen molar-refractivity contribution in [3.05, 3.63) is 21.4 Å². The molecule has 0 aliphatic heterocycles. The van der Waals surface area contributed by atoms with E-state index in [1.165, 1.54) is 17.6 Å². The van der Waals surface area contributed by atoms with E-state index in [2.05, 4.69) is 18.6 Å². The summed E-state index contributed by atoms with van der Waals surface area (Å²) in [6.07, 6.45) is 4.07. The Morgan fingerprint density at radius 1 is 1.33 bits per heavy atom. The molecule has 0 saturated heterocycles. The smallest absolute Gasteiger partial charge is 0.305 e. The van der Waals surface area contributed by atoms with Gasteiger partial charge in [0.05, 0.1) is 12.0 Å². The first-order valence-corrected chi connectivity index (χ1v) is 8.28. The van der Waals surface area contributed by atoms with Crippen LogP contribution in [0.1, 0.15) is 53.2 Å².